The molecular weight excluding hydrogens is 512 g/mol. The van der Waals surface area contributed by atoms with E-state index in [1.807, 2.05) is 4.90 Å². The van der Waals surface area contributed by atoms with Crippen LogP contribution < -0.4 is 14.4 Å². The fraction of sp³-hybridized carbons (Fsp3) is 0.455. The Hall–Kier alpha value is -2.78. The van der Waals surface area contributed by atoms with Gasteiger partial charge in [0.05, 0.1) is 33.6 Å². The van der Waals surface area contributed by atoms with Gasteiger partial charge in [0.2, 0.25) is 20.0 Å². The summed E-state index contributed by atoms with van der Waals surface area (Å²) < 4.78 is 66.6. The largest absolute Gasteiger partial charge is 0.495 e. The summed E-state index contributed by atoms with van der Waals surface area (Å²) in [6.07, 6.45) is 1.57. The summed E-state index contributed by atoms with van der Waals surface area (Å²) in [6.45, 7) is 1.60. The van der Waals surface area contributed by atoms with Crippen molar-refractivity contribution in [1.29, 1.82) is 0 Å². The summed E-state index contributed by atoms with van der Waals surface area (Å²) in [6, 6.07) is 9.50. The highest BCUT2D eigenvalue weighted by atomic mass is 32.2. The minimum absolute atomic E-state index is 0.0722. The lowest BCUT2D eigenvalue weighted by atomic mass is 10.2. The Bertz CT molecular complexity index is 1320. The Morgan fingerprint density at radius 1 is 1.08 bits per heavy atom. The number of nitrogens with zero attached hydrogens (tertiary/aromatic N) is 3. The monoisotopic (exact) mass is 540 g/mol. The molecule has 0 amide bonds. The van der Waals surface area contributed by atoms with Crippen LogP contribution in [0.2, 0.25) is 0 Å². The van der Waals surface area contributed by atoms with E-state index < -0.39 is 25.0 Å². The number of methoxy groups -OCH3 is 1. The number of sulfonamides is 2. The van der Waals surface area contributed by atoms with Gasteiger partial charge in [0.25, 0.3) is 5.69 Å². The smallest absolute Gasteiger partial charge is 0.270 e. The predicted octanol–water partition coefficient (Wildman–Crippen LogP) is 1.57. The molecule has 1 N–H and O–H groups in total. The third-order valence-electron chi connectivity index (χ3n) is 6.23. The van der Waals surface area contributed by atoms with Crippen molar-refractivity contribution in [2.45, 2.75) is 28.7 Å². The van der Waals surface area contributed by atoms with Crippen LogP contribution >= 0.6 is 0 Å². The van der Waals surface area contributed by atoms with Gasteiger partial charge in [-0.3, -0.25) is 10.1 Å². The first-order chi connectivity index (χ1) is 17.1. The minimum Gasteiger partial charge on any atom is -0.495 e. The molecule has 4 rings (SSSR count). The lowest BCUT2D eigenvalue weighted by molar-refractivity contribution is -0.385. The van der Waals surface area contributed by atoms with Crippen molar-refractivity contribution < 1.29 is 31.2 Å². The van der Waals surface area contributed by atoms with Crippen molar-refractivity contribution in [3.8, 4) is 5.75 Å². The fourth-order valence-electron chi connectivity index (χ4n) is 4.25. The molecule has 12 nitrogen and oxygen atoms in total. The van der Waals surface area contributed by atoms with Gasteiger partial charge in [-0.25, -0.2) is 21.6 Å². The molecule has 0 spiro atoms. The topological polar surface area (TPSA) is 148 Å². The van der Waals surface area contributed by atoms with Crippen LogP contribution in [0.5, 0.6) is 5.75 Å². The van der Waals surface area contributed by atoms with Crippen molar-refractivity contribution >= 4 is 31.4 Å². The van der Waals surface area contributed by atoms with E-state index in [1.165, 1.54) is 41.7 Å². The Morgan fingerprint density at radius 2 is 1.83 bits per heavy atom. The van der Waals surface area contributed by atoms with E-state index in [9.17, 15) is 26.9 Å². The summed E-state index contributed by atoms with van der Waals surface area (Å²) in [4.78, 5) is 12.2. The molecule has 2 saturated heterocycles. The van der Waals surface area contributed by atoms with Gasteiger partial charge in [0, 0.05) is 51.5 Å². The number of hydrogen-bond donors (Lipinski definition) is 1. The molecule has 2 heterocycles. The average Bonchev–Trinajstić information content (AvgIpc) is 3.41. The maximum absolute atomic E-state index is 13.1. The number of hydrogen-bond acceptors (Lipinski definition) is 9. The van der Waals surface area contributed by atoms with Gasteiger partial charge in [0.15, 0.2) is 0 Å². The number of piperazine rings is 1. The summed E-state index contributed by atoms with van der Waals surface area (Å²) in [5, 5.41) is 11.0. The van der Waals surface area contributed by atoms with Crippen molar-refractivity contribution in [3.63, 3.8) is 0 Å². The van der Waals surface area contributed by atoms with E-state index in [1.54, 1.807) is 6.07 Å². The Morgan fingerprint density at radius 3 is 2.47 bits per heavy atom. The van der Waals surface area contributed by atoms with Crippen LogP contribution in [0, 0.1) is 10.1 Å². The highest BCUT2D eigenvalue weighted by Gasteiger charge is 2.31. The van der Waals surface area contributed by atoms with Gasteiger partial charge < -0.3 is 14.4 Å². The molecule has 0 radical (unpaired) electrons. The number of nitro benzene ring substituents is 1. The highest BCUT2D eigenvalue weighted by molar-refractivity contribution is 7.89. The molecule has 14 heteroatoms. The number of benzene rings is 2. The molecule has 2 aromatic carbocycles. The van der Waals surface area contributed by atoms with Crippen LogP contribution in [-0.2, 0) is 24.8 Å². The maximum Gasteiger partial charge on any atom is 0.270 e. The summed E-state index contributed by atoms with van der Waals surface area (Å²) >= 11 is 0. The molecule has 2 aromatic rings. The van der Waals surface area contributed by atoms with Crippen LogP contribution in [0.1, 0.15) is 12.8 Å². The van der Waals surface area contributed by atoms with Gasteiger partial charge in [-0.15, -0.1) is 0 Å². The first-order valence-electron chi connectivity index (χ1n) is 11.4. The second-order valence-electron chi connectivity index (χ2n) is 8.47. The number of non-ortho nitro benzene ring substituents is 1. The van der Waals surface area contributed by atoms with Crippen LogP contribution in [0.25, 0.3) is 0 Å². The standard InChI is InChI=1S/C22H28N4O8S2/c1-33-22-8-7-19(35(29,30)23-16-18-5-3-13-34-18)15-21(22)24-9-11-25(12-10-24)36(31,32)20-6-2-4-17(14-20)26(27)28/h2,4,6-8,14-15,18,23H,3,5,9-13,16H2,1H3. The van der Waals surface area contributed by atoms with Crippen molar-refractivity contribution in [2.75, 3.05) is 51.3 Å². The molecule has 0 aliphatic carbocycles. The van der Waals surface area contributed by atoms with Gasteiger partial charge in [0.1, 0.15) is 5.75 Å². The van der Waals surface area contributed by atoms with E-state index in [0.29, 0.717) is 18.0 Å². The van der Waals surface area contributed by atoms with Gasteiger partial charge in [-0.2, -0.15) is 4.31 Å². The molecule has 196 valence electrons. The van der Waals surface area contributed by atoms with Crippen LogP contribution in [0.15, 0.2) is 52.3 Å². The van der Waals surface area contributed by atoms with E-state index in [0.717, 1.165) is 18.9 Å². The number of anilines is 1. The Balaban J connectivity index is 1.49. The third-order valence-corrected chi connectivity index (χ3v) is 9.55. The molecule has 0 bridgehead atoms. The molecule has 1 unspecified atom stereocenters. The zero-order chi connectivity index (χ0) is 25.9. The molecule has 36 heavy (non-hydrogen) atoms. The average molecular weight is 541 g/mol. The normalized spacial score (nSPS) is 19.4. The zero-order valence-corrected chi connectivity index (χ0v) is 21.3. The fourth-order valence-corrected chi connectivity index (χ4v) is 6.80. The SMILES string of the molecule is COc1ccc(S(=O)(=O)NCC2CCCO2)cc1N1CCN(S(=O)(=O)c2cccc([N+](=O)[O-])c2)CC1. The quantitative estimate of drug-likeness (QED) is 0.369. The molecule has 1 atom stereocenters. The second kappa shape index (κ2) is 10.7. The van der Waals surface area contributed by atoms with Crippen molar-refractivity contribution in [2.24, 2.45) is 0 Å². The van der Waals surface area contributed by atoms with E-state index in [-0.39, 0.29) is 54.3 Å². The van der Waals surface area contributed by atoms with Crippen molar-refractivity contribution in [3.05, 3.63) is 52.6 Å². The van der Waals surface area contributed by atoms with Gasteiger partial charge >= 0.3 is 0 Å². The van der Waals surface area contributed by atoms with E-state index >= 15 is 0 Å². The molecule has 2 aliphatic heterocycles. The minimum atomic E-state index is -3.93. The third kappa shape index (κ3) is 5.62. The Kier molecular flexibility index (Phi) is 7.80. The molecule has 2 fully saturated rings. The Labute approximate surface area is 210 Å². The number of nitro groups is 1. The van der Waals surface area contributed by atoms with E-state index in [4.69, 9.17) is 9.47 Å². The van der Waals surface area contributed by atoms with E-state index in [2.05, 4.69) is 4.72 Å². The number of nitrogens with one attached hydrogen (secondary N) is 1. The van der Waals surface area contributed by atoms with Crippen LogP contribution in [0.4, 0.5) is 11.4 Å². The van der Waals surface area contributed by atoms with Crippen molar-refractivity contribution in [1.82, 2.24) is 9.03 Å². The lowest BCUT2D eigenvalue weighted by Crippen LogP contribution is -2.48. The lowest BCUT2D eigenvalue weighted by Gasteiger charge is -2.36. The summed E-state index contributed by atoms with van der Waals surface area (Å²) in [7, 11) is -6.24. The zero-order valence-electron chi connectivity index (χ0n) is 19.7. The first kappa shape index (κ1) is 26.3. The van der Waals surface area contributed by atoms with Gasteiger partial charge in [-0.05, 0) is 37.1 Å². The number of ether oxygens (including phenoxy) is 2. The first-order valence-corrected chi connectivity index (χ1v) is 14.3. The highest BCUT2D eigenvalue weighted by Crippen LogP contribution is 2.32. The number of rotatable bonds is 9. The van der Waals surface area contributed by atoms with Crippen LogP contribution in [-0.4, -0.2) is 78.6 Å². The molecule has 0 aromatic heterocycles. The summed E-state index contributed by atoms with van der Waals surface area (Å²) in [5.41, 5.74) is 0.232. The summed E-state index contributed by atoms with van der Waals surface area (Å²) in [5.74, 6) is 0.461. The molecular formula is C22H28N4O8S2. The second-order valence-corrected chi connectivity index (χ2v) is 12.2. The van der Waals surface area contributed by atoms with Gasteiger partial charge in [-0.1, -0.05) is 6.07 Å². The molecule has 2 aliphatic rings. The van der Waals surface area contributed by atoms with Crippen LogP contribution in [0.3, 0.4) is 0 Å². The molecule has 0 saturated carbocycles. The predicted molar refractivity (Wildman–Crippen MR) is 131 cm³/mol. The maximum atomic E-state index is 13.1.